The van der Waals surface area contributed by atoms with Gasteiger partial charge in [-0.15, -0.1) is 0 Å². The van der Waals surface area contributed by atoms with E-state index in [9.17, 15) is 9.59 Å². The van der Waals surface area contributed by atoms with Crippen molar-refractivity contribution in [3.8, 4) is 0 Å². The fourth-order valence-electron chi connectivity index (χ4n) is 4.21. The van der Waals surface area contributed by atoms with Crippen LogP contribution in [0.25, 0.3) is 0 Å². The molecular formula is C21H33N5O2. The summed E-state index contributed by atoms with van der Waals surface area (Å²) < 4.78 is 1.66. The lowest BCUT2D eigenvalue weighted by Gasteiger charge is -2.28. The fourth-order valence-corrected chi connectivity index (χ4v) is 4.21. The van der Waals surface area contributed by atoms with Crippen molar-refractivity contribution in [2.24, 2.45) is 13.0 Å². The Hall–Kier alpha value is -2.15. The third-order valence-electron chi connectivity index (χ3n) is 5.65. The van der Waals surface area contributed by atoms with E-state index >= 15 is 0 Å². The first kappa shape index (κ1) is 20.6. The summed E-state index contributed by atoms with van der Waals surface area (Å²) in [4.78, 5) is 29.8. The van der Waals surface area contributed by atoms with Gasteiger partial charge in [0.2, 0.25) is 5.91 Å². The van der Waals surface area contributed by atoms with E-state index < -0.39 is 0 Å². The Morgan fingerprint density at radius 2 is 2.04 bits per heavy atom. The molecule has 1 fully saturated rings. The van der Waals surface area contributed by atoms with E-state index in [-0.39, 0.29) is 23.8 Å². The average Bonchev–Trinajstić information content (AvgIpc) is 2.94. The maximum Gasteiger partial charge on any atom is 0.269 e. The molecule has 154 valence electrons. The molecule has 0 aromatic carbocycles. The Bertz CT molecular complexity index is 726. The number of likely N-dealkylation sites (tertiary alicyclic amines) is 1. The van der Waals surface area contributed by atoms with Crippen LogP contribution in [0.3, 0.4) is 0 Å². The van der Waals surface area contributed by atoms with Crippen LogP contribution in [0.15, 0.2) is 18.2 Å². The molecule has 3 rings (SSSR count). The standard InChI is InChI=1S/C21H33N5O2/c1-4-8-17-13-19(25(3)23-17)20(27)22-18-10-9-16(14-24(2)15-18)21(28)26-11-6-5-7-12-26/h5-6,13,16,18H,4,7-12,14-15H2,1-3H3,(H,22,27)/t16-,18+/m1/s1. The summed E-state index contributed by atoms with van der Waals surface area (Å²) >= 11 is 0. The van der Waals surface area contributed by atoms with Gasteiger partial charge in [0, 0.05) is 39.3 Å². The molecule has 2 atom stereocenters. The number of rotatable bonds is 5. The van der Waals surface area contributed by atoms with Gasteiger partial charge >= 0.3 is 0 Å². The van der Waals surface area contributed by atoms with Gasteiger partial charge in [0.15, 0.2) is 0 Å². The van der Waals surface area contributed by atoms with Gasteiger partial charge in [0.25, 0.3) is 5.91 Å². The highest BCUT2D eigenvalue weighted by Gasteiger charge is 2.30. The Labute approximate surface area is 167 Å². The molecule has 28 heavy (non-hydrogen) atoms. The van der Waals surface area contributed by atoms with E-state index in [0.717, 1.165) is 64.0 Å². The monoisotopic (exact) mass is 387 g/mol. The van der Waals surface area contributed by atoms with Crippen molar-refractivity contribution in [3.63, 3.8) is 0 Å². The molecule has 1 aromatic rings. The number of aryl methyl sites for hydroxylation is 2. The molecule has 2 aliphatic rings. The molecule has 0 saturated carbocycles. The van der Waals surface area contributed by atoms with Crippen molar-refractivity contribution in [1.29, 1.82) is 0 Å². The molecule has 7 heteroatoms. The maximum atomic E-state index is 12.9. The minimum atomic E-state index is -0.0818. The van der Waals surface area contributed by atoms with E-state index in [1.807, 2.05) is 25.1 Å². The molecule has 7 nitrogen and oxygen atoms in total. The molecule has 0 unspecified atom stereocenters. The van der Waals surface area contributed by atoms with E-state index in [4.69, 9.17) is 0 Å². The molecule has 0 aliphatic carbocycles. The minimum Gasteiger partial charge on any atom is -0.347 e. The van der Waals surface area contributed by atoms with Crippen molar-refractivity contribution < 1.29 is 9.59 Å². The van der Waals surface area contributed by atoms with Crippen molar-refractivity contribution >= 4 is 11.8 Å². The summed E-state index contributed by atoms with van der Waals surface area (Å²) in [5, 5.41) is 7.59. The second-order valence-corrected chi connectivity index (χ2v) is 8.10. The van der Waals surface area contributed by atoms with Crippen LogP contribution in [-0.4, -0.2) is 70.7 Å². The Balaban J connectivity index is 1.59. The van der Waals surface area contributed by atoms with Gasteiger partial charge in [-0.05, 0) is 38.8 Å². The average molecular weight is 388 g/mol. The first-order valence-electron chi connectivity index (χ1n) is 10.4. The zero-order valence-electron chi connectivity index (χ0n) is 17.4. The lowest BCUT2D eigenvalue weighted by Crippen LogP contribution is -2.43. The van der Waals surface area contributed by atoms with Crippen LogP contribution in [-0.2, 0) is 18.3 Å². The van der Waals surface area contributed by atoms with Crippen molar-refractivity contribution in [1.82, 2.24) is 24.9 Å². The van der Waals surface area contributed by atoms with Crippen LogP contribution < -0.4 is 5.32 Å². The summed E-state index contributed by atoms with van der Waals surface area (Å²) in [6.45, 7) is 5.15. The summed E-state index contributed by atoms with van der Waals surface area (Å²) in [6, 6.07) is 1.93. The van der Waals surface area contributed by atoms with Crippen LogP contribution in [0, 0.1) is 5.92 Å². The summed E-state index contributed by atoms with van der Waals surface area (Å²) in [5.74, 6) is 0.173. The highest BCUT2D eigenvalue weighted by molar-refractivity contribution is 5.92. The number of amides is 2. The molecule has 1 saturated heterocycles. The van der Waals surface area contributed by atoms with Gasteiger partial charge in [-0.3, -0.25) is 14.3 Å². The number of nitrogens with zero attached hydrogens (tertiary/aromatic N) is 4. The van der Waals surface area contributed by atoms with Crippen LogP contribution in [0.2, 0.25) is 0 Å². The Kier molecular flexibility index (Phi) is 6.88. The van der Waals surface area contributed by atoms with Gasteiger partial charge in [-0.2, -0.15) is 5.10 Å². The highest BCUT2D eigenvalue weighted by Crippen LogP contribution is 2.20. The van der Waals surface area contributed by atoms with Crippen LogP contribution in [0.4, 0.5) is 0 Å². The quantitative estimate of drug-likeness (QED) is 0.779. The SMILES string of the molecule is CCCc1cc(C(=O)N[C@H]2CC[C@@H](C(=O)N3CC=CCC3)CN(C)C2)n(C)n1. The maximum absolute atomic E-state index is 12.9. The zero-order chi connectivity index (χ0) is 20.1. The number of carbonyl (C=O) groups excluding carboxylic acids is 2. The van der Waals surface area contributed by atoms with E-state index in [2.05, 4.69) is 34.4 Å². The summed E-state index contributed by atoms with van der Waals surface area (Å²) in [7, 11) is 3.85. The third-order valence-corrected chi connectivity index (χ3v) is 5.65. The van der Waals surface area contributed by atoms with E-state index in [1.54, 1.807) is 4.68 Å². The number of aromatic nitrogens is 2. The predicted octanol–water partition coefficient (Wildman–Crippen LogP) is 1.60. The lowest BCUT2D eigenvalue weighted by atomic mass is 9.99. The first-order valence-corrected chi connectivity index (χ1v) is 10.4. The second-order valence-electron chi connectivity index (χ2n) is 8.10. The van der Waals surface area contributed by atoms with Crippen LogP contribution in [0.5, 0.6) is 0 Å². The largest absolute Gasteiger partial charge is 0.347 e. The van der Waals surface area contributed by atoms with Crippen LogP contribution in [0.1, 0.15) is 48.8 Å². The molecule has 0 radical (unpaired) electrons. The highest BCUT2D eigenvalue weighted by atomic mass is 16.2. The zero-order valence-corrected chi connectivity index (χ0v) is 17.4. The van der Waals surface area contributed by atoms with Crippen molar-refractivity contribution in [2.75, 3.05) is 33.2 Å². The Morgan fingerprint density at radius 1 is 1.21 bits per heavy atom. The van der Waals surface area contributed by atoms with Gasteiger partial charge < -0.3 is 15.1 Å². The van der Waals surface area contributed by atoms with Gasteiger partial charge in [0.1, 0.15) is 5.69 Å². The number of nitrogens with one attached hydrogen (secondary N) is 1. The van der Waals surface area contributed by atoms with Gasteiger partial charge in [-0.1, -0.05) is 25.5 Å². The molecule has 0 spiro atoms. The van der Waals surface area contributed by atoms with Crippen molar-refractivity contribution in [2.45, 2.75) is 45.1 Å². The summed E-state index contributed by atoms with van der Waals surface area (Å²) in [6.07, 6.45) is 8.66. The molecule has 2 aliphatic heterocycles. The van der Waals surface area contributed by atoms with Crippen LogP contribution >= 0.6 is 0 Å². The smallest absolute Gasteiger partial charge is 0.269 e. The predicted molar refractivity (Wildman–Crippen MR) is 109 cm³/mol. The topological polar surface area (TPSA) is 70.5 Å². The van der Waals surface area contributed by atoms with E-state index in [1.165, 1.54) is 0 Å². The number of likely N-dealkylation sites (N-methyl/N-ethyl adjacent to an activating group) is 1. The molecule has 3 heterocycles. The number of hydrogen-bond acceptors (Lipinski definition) is 4. The second kappa shape index (κ2) is 9.37. The van der Waals surface area contributed by atoms with Crippen molar-refractivity contribution in [3.05, 3.63) is 29.6 Å². The molecular weight excluding hydrogens is 354 g/mol. The lowest BCUT2D eigenvalue weighted by molar-refractivity contribution is -0.135. The number of carbonyl (C=O) groups is 2. The normalized spacial score (nSPS) is 23.5. The molecule has 2 amide bonds. The number of hydrogen-bond donors (Lipinski definition) is 1. The van der Waals surface area contributed by atoms with Gasteiger partial charge in [0.05, 0.1) is 11.6 Å². The van der Waals surface area contributed by atoms with E-state index in [0.29, 0.717) is 5.69 Å². The van der Waals surface area contributed by atoms with Gasteiger partial charge in [-0.25, -0.2) is 0 Å². The first-order chi connectivity index (χ1) is 13.5. The Morgan fingerprint density at radius 3 is 2.75 bits per heavy atom. The minimum absolute atomic E-state index is 0.00580. The molecule has 0 bridgehead atoms. The fraction of sp³-hybridized carbons (Fsp3) is 0.667. The molecule has 1 N–H and O–H groups in total. The summed E-state index contributed by atoms with van der Waals surface area (Å²) in [5.41, 5.74) is 1.55. The molecule has 1 aromatic heterocycles. The third kappa shape index (κ3) is 5.01.